The van der Waals surface area contributed by atoms with Crippen LogP contribution in [0.3, 0.4) is 0 Å². The second-order valence-corrected chi connectivity index (χ2v) is 4.36. The molecule has 0 aliphatic carbocycles. The van der Waals surface area contributed by atoms with Gasteiger partial charge in [-0.15, -0.1) is 5.10 Å². The fourth-order valence-corrected chi connectivity index (χ4v) is 1.92. The van der Waals surface area contributed by atoms with Crippen molar-refractivity contribution in [3.63, 3.8) is 0 Å². The quantitative estimate of drug-likeness (QED) is 0.922. The van der Waals surface area contributed by atoms with E-state index >= 15 is 0 Å². The van der Waals surface area contributed by atoms with Crippen molar-refractivity contribution < 1.29 is 0 Å². The van der Waals surface area contributed by atoms with E-state index in [0.29, 0.717) is 17.4 Å². The molecule has 15 heavy (non-hydrogen) atoms. The number of nitrogens with zero attached hydrogens (tertiary/aromatic N) is 3. The van der Waals surface area contributed by atoms with Crippen LogP contribution in [0, 0.1) is 0 Å². The Morgan fingerprint density at radius 2 is 2.27 bits per heavy atom. The third kappa shape index (κ3) is 2.49. The molecule has 0 bridgehead atoms. The SMILES string of the molecule is Nc1cnn(Cc2ccc(Br)cc2Cl)n1. The summed E-state index contributed by atoms with van der Waals surface area (Å²) in [6.07, 6.45) is 1.51. The summed E-state index contributed by atoms with van der Waals surface area (Å²) >= 11 is 9.40. The number of hydrogen-bond donors (Lipinski definition) is 1. The molecule has 0 amide bonds. The van der Waals surface area contributed by atoms with Gasteiger partial charge in [0.05, 0.1) is 12.7 Å². The van der Waals surface area contributed by atoms with Crippen LogP contribution in [0.4, 0.5) is 5.82 Å². The van der Waals surface area contributed by atoms with Crippen molar-refractivity contribution in [2.45, 2.75) is 6.54 Å². The van der Waals surface area contributed by atoms with Crippen LogP contribution in [0.25, 0.3) is 0 Å². The van der Waals surface area contributed by atoms with Gasteiger partial charge in [0.25, 0.3) is 0 Å². The molecule has 0 saturated carbocycles. The van der Waals surface area contributed by atoms with Gasteiger partial charge in [-0.1, -0.05) is 33.6 Å². The van der Waals surface area contributed by atoms with Crippen molar-refractivity contribution in [3.8, 4) is 0 Å². The molecular formula is C9H8BrClN4. The average Bonchev–Trinajstić information content (AvgIpc) is 2.56. The van der Waals surface area contributed by atoms with E-state index in [-0.39, 0.29) is 0 Å². The monoisotopic (exact) mass is 286 g/mol. The van der Waals surface area contributed by atoms with Gasteiger partial charge in [0, 0.05) is 9.50 Å². The van der Waals surface area contributed by atoms with Crippen molar-refractivity contribution in [1.82, 2.24) is 15.0 Å². The number of halogens is 2. The lowest BCUT2D eigenvalue weighted by molar-refractivity contribution is 0.593. The minimum absolute atomic E-state index is 0.406. The maximum Gasteiger partial charge on any atom is 0.165 e. The van der Waals surface area contributed by atoms with Crippen LogP contribution >= 0.6 is 27.5 Å². The number of hydrogen-bond acceptors (Lipinski definition) is 3. The van der Waals surface area contributed by atoms with Gasteiger partial charge in [0.2, 0.25) is 0 Å². The van der Waals surface area contributed by atoms with Gasteiger partial charge < -0.3 is 5.73 Å². The molecule has 0 aliphatic rings. The van der Waals surface area contributed by atoms with E-state index in [1.54, 1.807) is 0 Å². The summed E-state index contributed by atoms with van der Waals surface area (Å²) in [6.45, 7) is 0.517. The second kappa shape index (κ2) is 4.20. The van der Waals surface area contributed by atoms with Gasteiger partial charge in [-0.25, -0.2) is 0 Å². The smallest absolute Gasteiger partial charge is 0.165 e. The molecule has 1 aromatic carbocycles. The summed E-state index contributed by atoms with van der Waals surface area (Å²) < 4.78 is 0.948. The lowest BCUT2D eigenvalue weighted by Gasteiger charge is -2.03. The minimum Gasteiger partial charge on any atom is -0.381 e. The number of nitrogen functional groups attached to an aromatic ring is 1. The number of nitrogens with two attached hydrogens (primary N) is 1. The third-order valence-corrected chi connectivity index (χ3v) is 2.73. The van der Waals surface area contributed by atoms with Crippen molar-refractivity contribution in [2.24, 2.45) is 0 Å². The highest BCUT2D eigenvalue weighted by Crippen LogP contribution is 2.21. The van der Waals surface area contributed by atoms with Crippen LogP contribution in [0.1, 0.15) is 5.56 Å². The summed E-state index contributed by atoms with van der Waals surface area (Å²) in [4.78, 5) is 1.50. The molecule has 0 spiro atoms. The van der Waals surface area contributed by atoms with Gasteiger partial charge in [-0.2, -0.15) is 9.90 Å². The van der Waals surface area contributed by atoms with E-state index in [1.165, 1.54) is 11.0 Å². The van der Waals surface area contributed by atoms with Crippen LogP contribution in [0.2, 0.25) is 5.02 Å². The molecule has 2 N–H and O–H groups in total. The van der Waals surface area contributed by atoms with Crippen molar-refractivity contribution >= 4 is 33.3 Å². The summed E-state index contributed by atoms with van der Waals surface area (Å²) in [7, 11) is 0. The van der Waals surface area contributed by atoms with Crippen LogP contribution < -0.4 is 5.73 Å². The third-order valence-electron chi connectivity index (χ3n) is 1.88. The molecule has 0 aliphatic heterocycles. The Morgan fingerprint density at radius 3 is 2.87 bits per heavy atom. The maximum absolute atomic E-state index is 6.06. The minimum atomic E-state index is 0.406. The lowest BCUT2D eigenvalue weighted by atomic mass is 10.2. The first kappa shape index (κ1) is 10.4. The van der Waals surface area contributed by atoms with E-state index in [4.69, 9.17) is 17.3 Å². The van der Waals surface area contributed by atoms with Crippen molar-refractivity contribution in [1.29, 1.82) is 0 Å². The van der Waals surface area contributed by atoms with Crippen LogP contribution in [-0.2, 0) is 6.54 Å². The molecular weight excluding hydrogens is 279 g/mol. The fourth-order valence-electron chi connectivity index (χ4n) is 1.19. The van der Waals surface area contributed by atoms with Crippen LogP contribution in [0.15, 0.2) is 28.9 Å². The van der Waals surface area contributed by atoms with E-state index in [0.717, 1.165) is 10.0 Å². The second-order valence-electron chi connectivity index (χ2n) is 3.04. The van der Waals surface area contributed by atoms with Crippen LogP contribution in [-0.4, -0.2) is 15.0 Å². The first-order valence-corrected chi connectivity index (χ1v) is 5.42. The van der Waals surface area contributed by atoms with E-state index < -0.39 is 0 Å². The molecule has 2 aromatic rings. The Balaban J connectivity index is 2.24. The molecule has 0 radical (unpaired) electrons. The van der Waals surface area contributed by atoms with Crippen molar-refractivity contribution in [2.75, 3.05) is 5.73 Å². The Labute approximate surface area is 100 Å². The molecule has 0 fully saturated rings. The van der Waals surface area contributed by atoms with Crippen molar-refractivity contribution in [3.05, 3.63) is 39.5 Å². The average molecular weight is 288 g/mol. The topological polar surface area (TPSA) is 56.7 Å². The largest absolute Gasteiger partial charge is 0.381 e. The Morgan fingerprint density at radius 1 is 1.47 bits per heavy atom. The molecule has 1 aromatic heterocycles. The summed E-state index contributed by atoms with van der Waals surface area (Å²) in [6, 6.07) is 5.68. The number of rotatable bonds is 2. The van der Waals surface area contributed by atoms with E-state index in [2.05, 4.69) is 26.1 Å². The highest BCUT2D eigenvalue weighted by atomic mass is 79.9. The highest BCUT2D eigenvalue weighted by molar-refractivity contribution is 9.10. The molecule has 1 heterocycles. The zero-order chi connectivity index (χ0) is 10.8. The molecule has 2 rings (SSSR count). The Kier molecular flexibility index (Phi) is 2.93. The van der Waals surface area contributed by atoms with Crippen LogP contribution in [0.5, 0.6) is 0 Å². The predicted octanol–water partition coefficient (Wildman–Crippen LogP) is 2.32. The molecule has 0 unspecified atom stereocenters. The molecule has 0 saturated heterocycles. The number of aromatic nitrogens is 3. The number of benzene rings is 1. The van der Waals surface area contributed by atoms with E-state index in [9.17, 15) is 0 Å². The highest BCUT2D eigenvalue weighted by Gasteiger charge is 2.03. The van der Waals surface area contributed by atoms with E-state index in [1.807, 2.05) is 18.2 Å². The zero-order valence-electron chi connectivity index (χ0n) is 7.69. The Hall–Kier alpha value is -1.07. The summed E-state index contributed by atoms with van der Waals surface area (Å²) in [5.41, 5.74) is 6.41. The van der Waals surface area contributed by atoms with Gasteiger partial charge in [-0.3, -0.25) is 0 Å². The molecule has 78 valence electrons. The first-order valence-electron chi connectivity index (χ1n) is 4.24. The molecule has 4 nitrogen and oxygen atoms in total. The standard InChI is InChI=1S/C9H8BrClN4/c10-7-2-1-6(8(11)3-7)5-15-13-4-9(12)14-15/h1-4H,5H2,(H2,12,14). The molecule has 6 heteroatoms. The summed E-state index contributed by atoms with van der Waals surface area (Å²) in [5, 5.41) is 8.65. The van der Waals surface area contributed by atoms with Gasteiger partial charge in [0.1, 0.15) is 0 Å². The molecule has 0 atom stereocenters. The van der Waals surface area contributed by atoms with Gasteiger partial charge >= 0.3 is 0 Å². The van der Waals surface area contributed by atoms with Gasteiger partial charge in [-0.05, 0) is 17.7 Å². The van der Waals surface area contributed by atoms with Gasteiger partial charge in [0.15, 0.2) is 5.82 Å². The predicted molar refractivity (Wildman–Crippen MR) is 62.7 cm³/mol. The summed E-state index contributed by atoms with van der Waals surface area (Å²) in [5.74, 6) is 0.406. The Bertz CT molecular complexity index is 483. The number of anilines is 1. The maximum atomic E-state index is 6.06. The zero-order valence-corrected chi connectivity index (χ0v) is 10.0. The fraction of sp³-hybridized carbons (Fsp3) is 0.111. The normalized spacial score (nSPS) is 10.5. The first-order chi connectivity index (χ1) is 7.15. The lowest BCUT2D eigenvalue weighted by Crippen LogP contribution is -2.04.